The fraction of sp³-hybridized carbons (Fsp3) is 0.211. The molecule has 0 spiro atoms. The maximum absolute atomic E-state index is 12.1. The van der Waals surface area contributed by atoms with Crippen molar-refractivity contribution in [1.82, 2.24) is 20.1 Å². The molecule has 1 amide bonds. The first-order valence-electron chi connectivity index (χ1n) is 8.50. The molecule has 1 aromatic heterocycles. The number of hydrogen-bond acceptors (Lipinski definition) is 5. The second kappa shape index (κ2) is 9.84. The van der Waals surface area contributed by atoms with Crippen molar-refractivity contribution >= 4 is 17.7 Å². The summed E-state index contributed by atoms with van der Waals surface area (Å²) in [5.74, 6) is 0.208. The third-order valence-electron chi connectivity index (χ3n) is 3.77. The summed E-state index contributed by atoms with van der Waals surface area (Å²) in [4.78, 5) is 12.1. The van der Waals surface area contributed by atoms with Crippen molar-refractivity contribution in [3.05, 3.63) is 66.5 Å². The van der Waals surface area contributed by atoms with E-state index in [4.69, 9.17) is 0 Å². The van der Waals surface area contributed by atoms with Gasteiger partial charge in [-0.1, -0.05) is 42.1 Å². The summed E-state index contributed by atoms with van der Waals surface area (Å²) in [5, 5.41) is 11.4. The predicted molar refractivity (Wildman–Crippen MR) is 102 cm³/mol. The average Bonchev–Trinajstić information content (AvgIpc) is 3.17. The quantitative estimate of drug-likeness (QED) is 0.554. The summed E-state index contributed by atoms with van der Waals surface area (Å²) in [5.41, 5.74) is 1.84. The van der Waals surface area contributed by atoms with Crippen molar-refractivity contribution in [1.29, 1.82) is 0 Å². The van der Waals surface area contributed by atoms with Crippen LogP contribution < -0.4 is 10.1 Å². The predicted octanol–water partition coefficient (Wildman–Crippen LogP) is 3.32. The number of carbonyl (C=O) groups excluding carboxylic acids is 1. The maximum atomic E-state index is 12.1. The van der Waals surface area contributed by atoms with Gasteiger partial charge >= 0.3 is 6.61 Å². The zero-order valence-corrected chi connectivity index (χ0v) is 15.6. The number of carbonyl (C=O) groups is 1. The van der Waals surface area contributed by atoms with Crippen molar-refractivity contribution in [2.24, 2.45) is 0 Å². The second-order valence-corrected chi connectivity index (χ2v) is 6.67. The van der Waals surface area contributed by atoms with Crippen LogP contribution in [0.3, 0.4) is 0 Å². The molecule has 9 heteroatoms. The van der Waals surface area contributed by atoms with Crippen LogP contribution in [0.5, 0.6) is 5.75 Å². The van der Waals surface area contributed by atoms with Crippen LogP contribution in [-0.2, 0) is 11.2 Å². The van der Waals surface area contributed by atoms with E-state index in [1.54, 1.807) is 18.5 Å². The molecule has 0 bridgehead atoms. The highest BCUT2D eigenvalue weighted by atomic mass is 32.2. The van der Waals surface area contributed by atoms with E-state index >= 15 is 0 Å². The van der Waals surface area contributed by atoms with E-state index in [-0.39, 0.29) is 17.4 Å². The lowest BCUT2D eigenvalue weighted by Crippen LogP contribution is -2.27. The Morgan fingerprint density at radius 1 is 1.14 bits per heavy atom. The van der Waals surface area contributed by atoms with Crippen LogP contribution in [0.4, 0.5) is 8.78 Å². The Balaban J connectivity index is 1.43. The number of benzene rings is 2. The summed E-state index contributed by atoms with van der Waals surface area (Å²) in [6, 6.07) is 16.0. The van der Waals surface area contributed by atoms with Crippen LogP contribution in [0.25, 0.3) is 5.69 Å². The molecule has 0 aliphatic rings. The second-order valence-electron chi connectivity index (χ2n) is 5.73. The Bertz CT molecular complexity index is 888. The van der Waals surface area contributed by atoms with Crippen molar-refractivity contribution in [2.45, 2.75) is 18.2 Å². The zero-order valence-electron chi connectivity index (χ0n) is 14.8. The minimum Gasteiger partial charge on any atom is -0.435 e. The summed E-state index contributed by atoms with van der Waals surface area (Å²) in [6.07, 6.45) is 2.20. The van der Waals surface area contributed by atoms with E-state index in [1.807, 2.05) is 34.9 Å². The zero-order chi connectivity index (χ0) is 19.8. The Morgan fingerprint density at radius 2 is 1.89 bits per heavy atom. The third-order valence-corrected chi connectivity index (χ3v) is 4.71. The summed E-state index contributed by atoms with van der Waals surface area (Å²) in [7, 11) is 0. The standard InChI is InChI=1S/C19H18F2N4O2S/c20-18(21)27-16-8-6-14(7-9-16)10-11-22-17(26)12-28-19-24-23-13-25(19)15-4-2-1-3-5-15/h1-9,13,18H,10-12H2,(H,22,26). The molecule has 0 aliphatic heterocycles. The number of ether oxygens (including phenoxy) is 1. The van der Waals surface area contributed by atoms with E-state index in [1.165, 1.54) is 23.9 Å². The van der Waals surface area contributed by atoms with E-state index in [2.05, 4.69) is 20.3 Å². The molecule has 0 aliphatic carbocycles. The Kier molecular flexibility index (Phi) is 6.96. The van der Waals surface area contributed by atoms with Gasteiger partial charge in [0.25, 0.3) is 0 Å². The molecule has 3 rings (SSSR count). The summed E-state index contributed by atoms with van der Waals surface area (Å²) < 4.78 is 30.4. The highest BCUT2D eigenvalue weighted by Gasteiger charge is 2.10. The number of halogens is 2. The number of nitrogens with zero attached hydrogens (tertiary/aromatic N) is 3. The fourth-order valence-corrected chi connectivity index (χ4v) is 3.21. The lowest BCUT2D eigenvalue weighted by atomic mass is 10.1. The number of amides is 1. The Hall–Kier alpha value is -2.94. The van der Waals surface area contributed by atoms with E-state index in [0.29, 0.717) is 18.1 Å². The van der Waals surface area contributed by atoms with Crippen LogP contribution in [0.1, 0.15) is 5.56 Å². The van der Waals surface area contributed by atoms with Crippen LogP contribution in [0.15, 0.2) is 66.1 Å². The SMILES string of the molecule is O=C(CSc1nncn1-c1ccccc1)NCCc1ccc(OC(F)F)cc1. The van der Waals surface area contributed by atoms with Crippen LogP contribution in [0, 0.1) is 0 Å². The first kappa shape index (κ1) is 19.8. The van der Waals surface area contributed by atoms with Gasteiger partial charge in [-0.05, 0) is 36.2 Å². The van der Waals surface area contributed by atoms with Crippen LogP contribution in [0.2, 0.25) is 0 Å². The molecule has 0 atom stereocenters. The van der Waals surface area contributed by atoms with Gasteiger partial charge in [-0.25, -0.2) is 0 Å². The van der Waals surface area contributed by atoms with Gasteiger partial charge in [-0.3, -0.25) is 9.36 Å². The van der Waals surface area contributed by atoms with Crippen molar-refractivity contribution in [3.8, 4) is 11.4 Å². The molecule has 0 radical (unpaired) electrons. The number of alkyl halides is 2. The Morgan fingerprint density at radius 3 is 2.61 bits per heavy atom. The monoisotopic (exact) mass is 404 g/mol. The van der Waals surface area contributed by atoms with Gasteiger partial charge in [-0.2, -0.15) is 8.78 Å². The maximum Gasteiger partial charge on any atom is 0.387 e. The molecule has 0 fully saturated rings. The van der Waals surface area contributed by atoms with Gasteiger partial charge in [0.2, 0.25) is 5.91 Å². The molecule has 146 valence electrons. The van der Waals surface area contributed by atoms with Gasteiger partial charge in [0.05, 0.1) is 5.75 Å². The topological polar surface area (TPSA) is 69.0 Å². The Labute approximate surface area is 164 Å². The van der Waals surface area contributed by atoms with Gasteiger partial charge in [0.15, 0.2) is 5.16 Å². The van der Waals surface area contributed by atoms with Crippen LogP contribution >= 0.6 is 11.8 Å². The molecule has 28 heavy (non-hydrogen) atoms. The molecule has 0 unspecified atom stereocenters. The van der Waals surface area contributed by atoms with Crippen molar-refractivity contribution in [3.63, 3.8) is 0 Å². The molecule has 2 aromatic carbocycles. The molecule has 1 N–H and O–H groups in total. The largest absolute Gasteiger partial charge is 0.435 e. The first-order valence-corrected chi connectivity index (χ1v) is 9.49. The highest BCUT2D eigenvalue weighted by Crippen LogP contribution is 2.19. The molecule has 0 saturated heterocycles. The average molecular weight is 404 g/mol. The number of hydrogen-bond donors (Lipinski definition) is 1. The van der Waals surface area contributed by atoms with Crippen LogP contribution in [-0.4, -0.2) is 39.6 Å². The molecule has 0 saturated carbocycles. The number of thioether (sulfide) groups is 1. The lowest BCUT2D eigenvalue weighted by Gasteiger charge is -2.08. The number of nitrogens with one attached hydrogen (secondary N) is 1. The van der Waals surface area contributed by atoms with E-state index in [0.717, 1.165) is 11.3 Å². The molecular weight excluding hydrogens is 386 g/mol. The van der Waals surface area contributed by atoms with E-state index in [9.17, 15) is 13.6 Å². The number of rotatable bonds is 9. The number of aromatic nitrogens is 3. The summed E-state index contributed by atoms with van der Waals surface area (Å²) >= 11 is 1.30. The van der Waals surface area contributed by atoms with Gasteiger partial charge in [-0.15, -0.1) is 10.2 Å². The van der Waals surface area contributed by atoms with Gasteiger partial charge in [0, 0.05) is 12.2 Å². The molecule has 1 heterocycles. The number of para-hydroxylation sites is 1. The molecule has 6 nitrogen and oxygen atoms in total. The first-order chi connectivity index (χ1) is 13.6. The minimum absolute atomic E-state index is 0.113. The minimum atomic E-state index is -2.84. The normalized spacial score (nSPS) is 10.8. The molecule has 3 aromatic rings. The smallest absolute Gasteiger partial charge is 0.387 e. The lowest BCUT2D eigenvalue weighted by molar-refractivity contribution is -0.118. The molecular formula is C19H18F2N4O2S. The highest BCUT2D eigenvalue weighted by molar-refractivity contribution is 7.99. The van der Waals surface area contributed by atoms with E-state index < -0.39 is 6.61 Å². The van der Waals surface area contributed by atoms with Crippen molar-refractivity contribution < 1.29 is 18.3 Å². The third kappa shape index (κ3) is 5.78. The van der Waals surface area contributed by atoms with Gasteiger partial charge in [0.1, 0.15) is 12.1 Å². The summed E-state index contributed by atoms with van der Waals surface area (Å²) in [6.45, 7) is -2.39. The van der Waals surface area contributed by atoms with Crippen molar-refractivity contribution in [2.75, 3.05) is 12.3 Å². The fourth-order valence-electron chi connectivity index (χ4n) is 2.45. The van der Waals surface area contributed by atoms with Gasteiger partial charge < -0.3 is 10.1 Å².